The number of ether oxygens (including phenoxy) is 1. The number of amidine groups is 1. The number of hydrogen-bond donors (Lipinski definition) is 0. The Morgan fingerprint density at radius 2 is 2.09 bits per heavy atom. The molecule has 2 aliphatic rings. The third kappa shape index (κ3) is 4.62. The Bertz CT molecular complexity index is 1210. The van der Waals surface area contributed by atoms with Gasteiger partial charge >= 0.3 is 6.18 Å². The van der Waals surface area contributed by atoms with E-state index in [4.69, 9.17) is 4.74 Å². The van der Waals surface area contributed by atoms with Crippen molar-refractivity contribution in [2.45, 2.75) is 38.7 Å². The second-order valence-electron chi connectivity index (χ2n) is 8.19. The summed E-state index contributed by atoms with van der Waals surface area (Å²) < 4.78 is 54.1. The molecule has 9 nitrogen and oxygen atoms in total. The van der Waals surface area contributed by atoms with E-state index in [1.807, 2.05) is 40.8 Å². The number of aryl methyl sites for hydroxylation is 1. The maximum atomic E-state index is 13.2. The number of halogens is 3. The molecule has 0 radical (unpaired) electrons. The Balaban J connectivity index is 1.38. The smallest absolute Gasteiger partial charge is 0.402 e. The lowest BCUT2D eigenvalue weighted by Gasteiger charge is -2.40. The molecule has 34 heavy (non-hydrogen) atoms. The molecule has 2 aliphatic heterocycles. The molecule has 13 heteroatoms. The van der Waals surface area contributed by atoms with Crippen LogP contribution in [0.1, 0.15) is 18.5 Å². The van der Waals surface area contributed by atoms with Crippen molar-refractivity contribution >= 4 is 18.0 Å². The Labute approximate surface area is 198 Å². The summed E-state index contributed by atoms with van der Waals surface area (Å²) in [5.41, 5.74) is 3.12. The van der Waals surface area contributed by atoms with Gasteiger partial charge in [0.15, 0.2) is 0 Å². The van der Waals surface area contributed by atoms with Gasteiger partial charge in [-0.15, -0.1) is 5.10 Å². The van der Waals surface area contributed by atoms with Crippen LogP contribution in [0.15, 0.2) is 41.3 Å². The van der Waals surface area contributed by atoms with Crippen LogP contribution in [0, 0.1) is 6.92 Å². The highest BCUT2D eigenvalue weighted by Crippen LogP contribution is 2.34. The van der Waals surface area contributed by atoms with E-state index in [2.05, 4.69) is 19.7 Å². The van der Waals surface area contributed by atoms with Crippen LogP contribution in [0.25, 0.3) is 16.9 Å². The van der Waals surface area contributed by atoms with E-state index >= 15 is 0 Å². The molecule has 0 amide bonds. The number of alkyl halides is 3. The number of hydrogen-bond acceptors (Lipinski definition) is 8. The molecule has 0 bridgehead atoms. The third-order valence-corrected chi connectivity index (χ3v) is 6.64. The Kier molecular flexibility index (Phi) is 5.98. The molecule has 0 spiro atoms. The maximum Gasteiger partial charge on any atom is 0.402 e. The van der Waals surface area contributed by atoms with Crippen LogP contribution in [-0.4, -0.2) is 72.1 Å². The fourth-order valence-electron chi connectivity index (χ4n) is 4.20. The highest BCUT2D eigenvalue weighted by Gasteiger charge is 2.41. The number of benzene rings is 1. The van der Waals surface area contributed by atoms with Gasteiger partial charge in [-0.3, -0.25) is 0 Å². The van der Waals surface area contributed by atoms with Gasteiger partial charge in [-0.25, -0.2) is 9.67 Å². The van der Waals surface area contributed by atoms with Crippen molar-refractivity contribution in [2.24, 2.45) is 4.40 Å². The van der Waals surface area contributed by atoms with E-state index in [0.717, 1.165) is 47.8 Å². The zero-order valence-electron chi connectivity index (χ0n) is 18.6. The van der Waals surface area contributed by atoms with Gasteiger partial charge in [0.05, 0.1) is 49.7 Å². The van der Waals surface area contributed by atoms with Gasteiger partial charge in [0.2, 0.25) is 0 Å². The first kappa shape index (κ1) is 22.7. The van der Waals surface area contributed by atoms with Crippen LogP contribution in [0.5, 0.6) is 5.75 Å². The molecular weight excluding hydrogens is 469 g/mol. The lowest BCUT2D eigenvalue weighted by molar-refractivity contribution is -0.142. The SMILES string of the molecule is COc1cc(-c2cn(CC3N(CC(F)(F)F)SN=C4CCCN43)nn2)ccc1-n1cnc(C)c1. The van der Waals surface area contributed by atoms with E-state index in [-0.39, 0.29) is 6.54 Å². The average molecular weight is 493 g/mol. The molecule has 180 valence electrons. The zero-order chi connectivity index (χ0) is 23.9. The summed E-state index contributed by atoms with van der Waals surface area (Å²) in [6.07, 6.45) is 2.17. The topological polar surface area (TPSA) is 76.6 Å². The van der Waals surface area contributed by atoms with E-state index < -0.39 is 18.9 Å². The van der Waals surface area contributed by atoms with Gasteiger partial charge in [0, 0.05) is 24.7 Å². The van der Waals surface area contributed by atoms with Gasteiger partial charge in [0.25, 0.3) is 0 Å². The minimum Gasteiger partial charge on any atom is -0.495 e. The molecule has 0 N–H and O–H groups in total. The summed E-state index contributed by atoms with van der Waals surface area (Å²) in [6.45, 7) is 1.77. The minimum absolute atomic E-state index is 0.235. The van der Waals surface area contributed by atoms with E-state index in [0.29, 0.717) is 18.0 Å². The van der Waals surface area contributed by atoms with Crippen molar-refractivity contribution in [1.29, 1.82) is 0 Å². The van der Waals surface area contributed by atoms with E-state index in [9.17, 15) is 13.2 Å². The molecule has 1 atom stereocenters. The van der Waals surface area contributed by atoms with Crippen molar-refractivity contribution in [2.75, 3.05) is 20.2 Å². The molecule has 0 saturated carbocycles. The first-order valence-electron chi connectivity index (χ1n) is 10.7. The van der Waals surface area contributed by atoms with Crippen molar-refractivity contribution < 1.29 is 17.9 Å². The number of rotatable bonds is 6. The molecule has 4 heterocycles. The van der Waals surface area contributed by atoms with Crippen LogP contribution in [-0.2, 0) is 6.54 Å². The monoisotopic (exact) mass is 492 g/mol. The summed E-state index contributed by atoms with van der Waals surface area (Å²) in [5, 5.41) is 8.46. The van der Waals surface area contributed by atoms with Crippen molar-refractivity contribution in [3.05, 3.63) is 42.6 Å². The number of methoxy groups -OCH3 is 1. The van der Waals surface area contributed by atoms with Crippen LogP contribution in [0.3, 0.4) is 0 Å². The number of imidazole rings is 1. The summed E-state index contributed by atoms with van der Waals surface area (Å²) in [7, 11) is 1.59. The Hall–Kier alpha value is -3.06. The molecule has 1 saturated heterocycles. The summed E-state index contributed by atoms with van der Waals surface area (Å²) in [4.78, 5) is 6.19. The number of fused-ring (bicyclic) bond motifs is 1. The quantitative estimate of drug-likeness (QED) is 0.486. The molecule has 1 unspecified atom stereocenters. The molecule has 2 aromatic heterocycles. The van der Waals surface area contributed by atoms with Crippen LogP contribution in [0.4, 0.5) is 13.2 Å². The summed E-state index contributed by atoms with van der Waals surface area (Å²) >= 11 is 0.877. The predicted molar refractivity (Wildman–Crippen MR) is 121 cm³/mol. The summed E-state index contributed by atoms with van der Waals surface area (Å²) in [5.74, 6) is 1.48. The molecule has 3 aromatic rings. The standard InChI is InChI=1S/C21H23F3N8OS/c1-14-9-29(13-25-14)17-6-5-15(8-18(17)33-2)16-10-30(28-26-16)11-20-31-7-3-4-19(31)27-34-32(20)12-21(22,23)24/h5-6,8-10,13,20H,3-4,7,11-12H2,1-2H3. The molecular formula is C21H23F3N8OS. The molecule has 1 fully saturated rings. The summed E-state index contributed by atoms with van der Waals surface area (Å²) in [6, 6.07) is 5.67. The van der Waals surface area contributed by atoms with E-state index in [1.54, 1.807) is 24.3 Å². The lowest BCUT2D eigenvalue weighted by atomic mass is 10.1. The van der Waals surface area contributed by atoms with Gasteiger partial charge in [-0.05, 0) is 25.5 Å². The van der Waals surface area contributed by atoms with Crippen molar-refractivity contribution in [3.63, 3.8) is 0 Å². The van der Waals surface area contributed by atoms with Crippen LogP contribution in [0.2, 0.25) is 0 Å². The Morgan fingerprint density at radius 1 is 1.24 bits per heavy atom. The van der Waals surface area contributed by atoms with Crippen molar-refractivity contribution in [3.8, 4) is 22.7 Å². The lowest BCUT2D eigenvalue weighted by Crippen LogP contribution is -2.52. The minimum atomic E-state index is -4.32. The van der Waals surface area contributed by atoms with Gasteiger partial charge in [-0.1, -0.05) is 11.3 Å². The normalized spacial score (nSPS) is 18.8. The fourth-order valence-corrected chi connectivity index (χ4v) is 5.09. The number of nitrogens with zero attached hydrogens (tertiary/aromatic N) is 8. The molecule has 1 aromatic carbocycles. The fraction of sp³-hybridized carbons (Fsp3) is 0.429. The molecule has 0 aliphatic carbocycles. The number of aromatic nitrogens is 5. The predicted octanol–water partition coefficient (Wildman–Crippen LogP) is 3.71. The van der Waals surface area contributed by atoms with Crippen LogP contribution >= 0.6 is 12.1 Å². The average Bonchev–Trinajstić information content (AvgIpc) is 3.55. The van der Waals surface area contributed by atoms with Crippen LogP contribution < -0.4 is 4.74 Å². The maximum absolute atomic E-state index is 13.2. The van der Waals surface area contributed by atoms with Crippen molar-refractivity contribution in [1.82, 2.24) is 33.8 Å². The zero-order valence-corrected chi connectivity index (χ0v) is 19.4. The molecule has 5 rings (SSSR count). The highest BCUT2D eigenvalue weighted by molar-refractivity contribution is 7.95. The first-order chi connectivity index (χ1) is 16.3. The Morgan fingerprint density at radius 3 is 2.82 bits per heavy atom. The second-order valence-corrected chi connectivity index (χ2v) is 9.01. The first-order valence-corrected chi connectivity index (χ1v) is 11.5. The van der Waals surface area contributed by atoms with Gasteiger partial charge in [0.1, 0.15) is 30.0 Å². The highest BCUT2D eigenvalue weighted by atomic mass is 32.2. The third-order valence-electron chi connectivity index (χ3n) is 5.76. The van der Waals surface area contributed by atoms with E-state index in [1.165, 1.54) is 4.31 Å². The second kappa shape index (κ2) is 8.95. The largest absolute Gasteiger partial charge is 0.495 e. The van der Waals surface area contributed by atoms with Gasteiger partial charge in [-0.2, -0.15) is 21.9 Å². The van der Waals surface area contributed by atoms with Gasteiger partial charge < -0.3 is 14.2 Å².